The first kappa shape index (κ1) is 16.8. The molecule has 2 rings (SSSR count). The van der Waals surface area contributed by atoms with Crippen molar-refractivity contribution in [1.29, 1.82) is 0 Å². The maximum Gasteiger partial charge on any atom is 0.327 e. The van der Waals surface area contributed by atoms with E-state index >= 15 is 0 Å². The Kier molecular flexibility index (Phi) is 6.00. The molecule has 2 aromatic carbocycles. The molecule has 0 fully saturated rings. The van der Waals surface area contributed by atoms with E-state index in [0.717, 1.165) is 11.3 Å². The van der Waals surface area contributed by atoms with Crippen LogP contribution in [0.2, 0.25) is 0 Å². The van der Waals surface area contributed by atoms with Gasteiger partial charge in [-0.1, -0.05) is 24.3 Å². The van der Waals surface area contributed by atoms with Gasteiger partial charge >= 0.3 is 5.97 Å². The summed E-state index contributed by atoms with van der Waals surface area (Å²) in [5.41, 5.74) is 7.57. The molecule has 1 unspecified atom stereocenters. The van der Waals surface area contributed by atoms with E-state index < -0.39 is 12.0 Å². The predicted molar refractivity (Wildman–Crippen MR) is 87.3 cm³/mol. The smallest absolute Gasteiger partial charge is 0.327 e. The molecule has 1 atom stereocenters. The molecule has 0 aliphatic rings. The van der Waals surface area contributed by atoms with Crippen LogP contribution >= 0.6 is 0 Å². The Morgan fingerprint density at radius 2 is 1.65 bits per heavy atom. The molecule has 2 N–H and O–H groups in total. The van der Waals surface area contributed by atoms with Gasteiger partial charge in [-0.05, 0) is 42.3 Å². The third kappa shape index (κ3) is 4.72. The largest absolute Gasteiger partial charge is 0.497 e. The number of esters is 1. The molecule has 23 heavy (non-hydrogen) atoms. The summed E-state index contributed by atoms with van der Waals surface area (Å²) >= 11 is 0. The van der Waals surface area contributed by atoms with E-state index in [-0.39, 0.29) is 0 Å². The Morgan fingerprint density at radius 3 is 2.22 bits per heavy atom. The van der Waals surface area contributed by atoms with Gasteiger partial charge in [0.1, 0.15) is 24.1 Å². The van der Waals surface area contributed by atoms with Gasteiger partial charge in [0.15, 0.2) is 0 Å². The first-order valence-corrected chi connectivity index (χ1v) is 7.42. The average Bonchev–Trinajstić information content (AvgIpc) is 2.60. The van der Waals surface area contributed by atoms with Gasteiger partial charge < -0.3 is 19.9 Å². The molecule has 5 heteroatoms. The maximum atomic E-state index is 11.6. The highest BCUT2D eigenvalue weighted by Crippen LogP contribution is 2.19. The standard InChI is InChI=1S/C18H21NO4/c1-3-22-18(20)17(19)14-6-10-16(11-7-14)23-12-13-4-8-15(21-2)9-5-13/h4-11,17H,3,12,19H2,1-2H3. The lowest BCUT2D eigenvalue weighted by Gasteiger charge is -2.12. The zero-order chi connectivity index (χ0) is 16.7. The van der Waals surface area contributed by atoms with E-state index in [1.807, 2.05) is 24.3 Å². The Bertz CT molecular complexity index is 622. The molecular formula is C18H21NO4. The summed E-state index contributed by atoms with van der Waals surface area (Å²) in [6.45, 7) is 2.52. The monoisotopic (exact) mass is 315 g/mol. The summed E-state index contributed by atoms with van der Waals surface area (Å²) in [6.07, 6.45) is 0. The van der Waals surface area contributed by atoms with Gasteiger partial charge in [0.25, 0.3) is 0 Å². The molecule has 0 heterocycles. The summed E-state index contributed by atoms with van der Waals surface area (Å²) in [5.74, 6) is 1.09. The van der Waals surface area contributed by atoms with Crippen molar-refractivity contribution in [3.63, 3.8) is 0 Å². The van der Waals surface area contributed by atoms with Crippen LogP contribution in [0, 0.1) is 0 Å². The highest BCUT2D eigenvalue weighted by molar-refractivity contribution is 5.77. The number of carbonyl (C=O) groups excluding carboxylic acids is 1. The minimum absolute atomic E-state index is 0.315. The first-order chi connectivity index (χ1) is 11.1. The summed E-state index contributed by atoms with van der Waals surface area (Å²) in [5, 5.41) is 0. The van der Waals surface area contributed by atoms with Crippen molar-refractivity contribution < 1.29 is 19.0 Å². The van der Waals surface area contributed by atoms with Crippen LogP contribution in [0.25, 0.3) is 0 Å². The second kappa shape index (κ2) is 8.19. The molecule has 0 bridgehead atoms. The number of hydrogen-bond acceptors (Lipinski definition) is 5. The van der Waals surface area contributed by atoms with Gasteiger partial charge in [0.05, 0.1) is 13.7 Å². The summed E-state index contributed by atoms with van der Waals surface area (Å²) in [7, 11) is 1.63. The van der Waals surface area contributed by atoms with Crippen LogP contribution in [-0.4, -0.2) is 19.7 Å². The van der Waals surface area contributed by atoms with Gasteiger partial charge in [0.2, 0.25) is 0 Å². The van der Waals surface area contributed by atoms with E-state index in [1.54, 1.807) is 38.3 Å². The topological polar surface area (TPSA) is 70.8 Å². The third-order valence-corrected chi connectivity index (χ3v) is 3.34. The maximum absolute atomic E-state index is 11.6. The highest BCUT2D eigenvalue weighted by atomic mass is 16.5. The van der Waals surface area contributed by atoms with Crippen molar-refractivity contribution in [2.75, 3.05) is 13.7 Å². The van der Waals surface area contributed by atoms with Gasteiger partial charge in [0, 0.05) is 0 Å². The van der Waals surface area contributed by atoms with Crippen LogP contribution in [0.4, 0.5) is 0 Å². The minimum Gasteiger partial charge on any atom is -0.497 e. The number of benzene rings is 2. The molecule has 0 radical (unpaired) electrons. The van der Waals surface area contributed by atoms with Crippen molar-refractivity contribution in [2.45, 2.75) is 19.6 Å². The van der Waals surface area contributed by atoms with Crippen molar-refractivity contribution in [3.8, 4) is 11.5 Å². The summed E-state index contributed by atoms with van der Waals surface area (Å²) in [4.78, 5) is 11.6. The third-order valence-electron chi connectivity index (χ3n) is 3.34. The van der Waals surface area contributed by atoms with Gasteiger partial charge in [-0.25, -0.2) is 4.79 Å². The molecule has 0 amide bonds. The molecule has 0 saturated carbocycles. The fourth-order valence-corrected chi connectivity index (χ4v) is 2.03. The molecule has 5 nitrogen and oxygen atoms in total. The van der Waals surface area contributed by atoms with Gasteiger partial charge in [-0.2, -0.15) is 0 Å². The first-order valence-electron chi connectivity index (χ1n) is 7.42. The SMILES string of the molecule is CCOC(=O)C(N)c1ccc(OCc2ccc(OC)cc2)cc1. The van der Waals surface area contributed by atoms with Gasteiger partial charge in [-0.15, -0.1) is 0 Å². The molecule has 0 saturated heterocycles. The molecule has 0 aliphatic carbocycles. The second-order valence-corrected chi connectivity index (χ2v) is 4.94. The quantitative estimate of drug-likeness (QED) is 0.796. The van der Waals surface area contributed by atoms with Crippen LogP contribution < -0.4 is 15.2 Å². The number of nitrogens with two attached hydrogens (primary N) is 1. The van der Waals surface area contributed by atoms with Crippen LogP contribution in [-0.2, 0) is 16.1 Å². The fraction of sp³-hybridized carbons (Fsp3) is 0.278. The second-order valence-electron chi connectivity index (χ2n) is 4.94. The predicted octanol–water partition coefficient (Wildman–Crippen LogP) is 2.84. The summed E-state index contributed by atoms with van der Waals surface area (Å²) < 4.78 is 15.7. The lowest BCUT2D eigenvalue weighted by Crippen LogP contribution is -2.23. The lowest BCUT2D eigenvalue weighted by molar-refractivity contribution is -0.144. The van der Waals surface area contributed by atoms with E-state index in [9.17, 15) is 4.79 Å². The van der Waals surface area contributed by atoms with E-state index in [2.05, 4.69) is 0 Å². The molecule has 122 valence electrons. The van der Waals surface area contributed by atoms with Crippen LogP contribution in [0.15, 0.2) is 48.5 Å². The Hall–Kier alpha value is -2.53. The normalized spacial score (nSPS) is 11.6. The Balaban J connectivity index is 1.92. The molecule has 0 aliphatic heterocycles. The Morgan fingerprint density at radius 1 is 1.04 bits per heavy atom. The number of carbonyl (C=O) groups is 1. The van der Waals surface area contributed by atoms with Crippen LogP contribution in [0.1, 0.15) is 24.1 Å². The summed E-state index contributed by atoms with van der Waals surface area (Å²) in [6, 6.07) is 14.0. The molecular weight excluding hydrogens is 294 g/mol. The highest BCUT2D eigenvalue weighted by Gasteiger charge is 2.16. The molecule has 0 aromatic heterocycles. The fourth-order valence-electron chi connectivity index (χ4n) is 2.03. The van der Waals surface area contributed by atoms with E-state index in [1.165, 1.54) is 0 Å². The lowest BCUT2D eigenvalue weighted by atomic mass is 10.1. The van der Waals surface area contributed by atoms with Crippen LogP contribution in [0.5, 0.6) is 11.5 Å². The number of ether oxygens (including phenoxy) is 3. The number of hydrogen-bond donors (Lipinski definition) is 1. The van der Waals surface area contributed by atoms with Crippen molar-refractivity contribution in [1.82, 2.24) is 0 Å². The van der Waals surface area contributed by atoms with Gasteiger partial charge in [-0.3, -0.25) is 0 Å². The van der Waals surface area contributed by atoms with Crippen LogP contribution in [0.3, 0.4) is 0 Å². The zero-order valence-electron chi connectivity index (χ0n) is 13.3. The van der Waals surface area contributed by atoms with Crippen molar-refractivity contribution in [2.24, 2.45) is 5.73 Å². The molecule has 2 aromatic rings. The van der Waals surface area contributed by atoms with Crippen molar-refractivity contribution in [3.05, 3.63) is 59.7 Å². The minimum atomic E-state index is -0.773. The Labute approximate surface area is 136 Å². The number of rotatable bonds is 7. The van der Waals surface area contributed by atoms with E-state index in [0.29, 0.717) is 24.5 Å². The molecule has 0 spiro atoms. The van der Waals surface area contributed by atoms with E-state index in [4.69, 9.17) is 19.9 Å². The van der Waals surface area contributed by atoms with Crippen molar-refractivity contribution >= 4 is 5.97 Å². The number of methoxy groups -OCH3 is 1. The average molecular weight is 315 g/mol. The zero-order valence-corrected chi connectivity index (χ0v) is 13.3.